The van der Waals surface area contributed by atoms with Gasteiger partial charge >= 0.3 is 0 Å². The Morgan fingerprint density at radius 2 is 0.690 bits per heavy atom. The van der Waals surface area contributed by atoms with E-state index in [1.807, 2.05) is 48.7 Å². The molecule has 4 heteroatoms. The van der Waals surface area contributed by atoms with Gasteiger partial charge in [-0.05, 0) is 84.9 Å². The lowest BCUT2D eigenvalue weighted by molar-refractivity contribution is 1.25. The van der Waals surface area contributed by atoms with E-state index in [2.05, 4.69) is 136 Å². The predicted octanol–water partition coefficient (Wildman–Crippen LogP) is 10.2. The van der Waals surface area contributed by atoms with Crippen LogP contribution in [0.5, 0.6) is 0 Å². The first-order valence-corrected chi connectivity index (χ1v) is 14.0. The van der Waals surface area contributed by atoms with E-state index in [1.54, 1.807) is 0 Å². The van der Waals surface area contributed by atoms with Crippen LogP contribution in [0.25, 0.3) is 22.3 Å². The van der Waals surface area contributed by atoms with Crippen LogP contribution in [0.15, 0.2) is 170 Å². The fraction of sp³-hybridized carbons (Fsp3) is 0. The van der Waals surface area contributed by atoms with Gasteiger partial charge in [0.05, 0.1) is 22.9 Å². The molecule has 0 radical (unpaired) electrons. The number of nitrogens with zero attached hydrogens (tertiary/aromatic N) is 4. The molecule has 0 saturated carbocycles. The van der Waals surface area contributed by atoms with Crippen molar-refractivity contribution in [3.05, 3.63) is 170 Å². The minimum atomic E-state index is 0.859. The Kier molecular flexibility index (Phi) is 6.85. The van der Waals surface area contributed by atoms with Gasteiger partial charge in [0.15, 0.2) is 0 Å². The number of para-hydroxylation sites is 5. The van der Waals surface area contributed by atoms with Crippen molar-refractivity contribution in [2.45, 2.75) is 0 Å². The maximum atomic E-state index is 4.83. The average molecular weight is 541 g/mol. The monoisotopic (exact) mass is 540 g/mol. The van der Waals surface area contributed by atoms with Gasteiger partial charge in [0, 0.05) is 39.7 Å². The van der Waals surface area contributed by atoms with Gasteiger partial charge in [0.25, 0.3) is 0 Å². The number of hydrogen-bond acceptors (Lipinski definition) is 4. The Labute approximate surface area is 245 Å². The molecule has 0 saturated heterocycles. The summed E-state index contributed by atoms with van der Waals surface area (Å²) in [5, 5.41) is 0. The normalized spacial score (nSPS) is 10.9. The van der Waals surface area contributed by atoms with E-state index >= 15 is 0 Å². The van der Waals surface area contributed by atoms with E-state index in [4.69, 9.17) is 4.98 Å². The van der Waals surface area contributed by atoms with Crippen LogP contribution in [-0.4, -0.2) is 9.97 Å². The fourth-order valence-corrected chi connectivity index (χ4v) is 5.25. The fourth-order valence-electron chi connectivity index (χ4n) is 5.25. The van der Waals surface area contributed by atoms with Crippen LogP contribution in [0.4, 0.5) is 34.1 Å². The molecule has 0 spiro atoms. The summed E-state index contributed by atoms with van der Waals surface area (Å²) in [5.41, 5.74) is 10.2. The molecule has 7 aromatic rings. The van der Waals surface area contributed by atoms with E-state index in [-0.39, 0.29) is 0 Å². The first-order chi connectivity index (χ1) is 20.8. The zero-order valence-electron chi connectivity index (χ0n) is 23.0. The van der Waals surface area contributed by atoms with Crippen LogP contribution in [0.3, 0.4) is 0 Å². The Morgan fingerprint density at radius 3 is 1.14 bits per heavy atom. The van der Waals surface area contributed by atoms with E-state index < -0.39 is 0 Å². The Morgan fingerprint density at radius 1 is 0.333 bits per heavy atom. The summed E-state index contributed by atoms with van der Waals surface area (Å²) in [7, 11) is 0. The summed E-state index contributed by atoms with van der Waals surface area (Å²) in [6, 6.07) is 56.6. The molecule has 1 heterocycles. The number of fused-ring (bicyclic) bond motifs is 1. The highest BCUT2D eigenvalue weighted by Crippen LogP contribution is 2.39. The van der Waals surface area contributed by atoms with Crippen LogP contribution >= 0.6 is 0 Å². The van der Waals surface area contributed by atoms with Gasteiger partial charge in [-0.25, -0.2) is 4.98 Å². The molecule has 7 rings (SSSR count). The van der Waals surface area contributed by atoms with Crippen LogP contribution in [-0.2, 0) is 0 Å². The molecule has 0 aliphatic heterocycles. The van der Waals surface area contributed by atoms with Crippen LogP contribution in [0.2, 0.25) is 0 Å². The number of hydrogen-bond donors (Lipinski definition) is 0. The highest BCUT2D eigenvalue weighted by atomic mass is 15.2. The van der Waals surface area contributed by atoms with E-state index in [0.717, 1.165) is 56.4 Å². The lowest BCUT2D eigenvalue weighted by Crippen LogP contribution is -2.12. The second-order valence-electron chi connectivity index (χ2n) is 9.98. The van der Waals surface area contributed by atoms with Crippen molar-refractivity contribution < 1.29 is 0 Å². The molecule has 1 aromatic heterocycles. The van der Waals surface area contributed by atoms with Crippen molar-refractivity contribution in [3.8, 4) is 11.3 Å². The first kappa shape index (κ1) is 25.2. The van der Waals surface area contributed by atoms with Crippen LogP contribution < -0.4 is 9.80 Å². The second kappa shape index (κ2) is 11.4. The summed E-state index contributed by atoms with van der Waals surface area (Å²) >= 11 is 0. The summed E-state index contributed by atoms with van der Waals surface area (Å²) in [6.07, 6.45) is 1.84. The number of anilines is 6. The van der Waals surface area contributed by atoms with E-state index in [9.17, 15) is 0 Å². The van der Waals surface area contributed by atoms with Gasteiger partial charge in [0.2, 0.25) is 0 Å². The maximum Gasteiger partial charge on any atom is 0.0894 e. The van der Waals surface area contributed by atoms with E-state index in [1.165, 1.54) is 0 Å². The molecule has 0 unspecified atom stereocenters. The lowest BCUT2D eigenvalue weighted by atomic mass is 10.1. The highest BCUT2D eigenvalue weighted by molar-refractivity contribution is 5.82. The highest BCUT2D eigenvalue weighted by Gasteiger charge is 2.16. The summed E-state index contributed by atoms with van der Waals surface area (Å²) in [4.78, 5) is 14.0. The van der Waals surface area contributed by atoms with Crippen LogP contribution in [0.1, 0.15) is 0 Å². The topological polar surface area (TPSA) is 32.3 Å². The first-order valence-electron chi connectivity index (χ1n) is 14.0. The van der Waals surface area contributed by atoms with E-state index in [0.29, 0.717) is 0 Å². The molecular formula is C38H28N4. The van der Waals surface area contributed by atoms with Crippen molar-refractivity contribution >= 4 is 45.2 Å². The molecule has 4 nitrogen and oxygen atoms in total. The minimum absolute atomic E-state index is 0.859. The Balaban J connectivity index is 1.25. The zero-order valence-corrected chi connectivity index (χ0v) is 23.0. The molecular weight excluding hydrogens is 512 g/mol. The Bertz CT molecular complexity index is 1870. The molecule has 0 fully saturated rings. The van der Waals surface area contributed by atoms with Crippen molar-refractivity contribution in [2.75, 3.05) is 9.80 Å². The number of rotatable bonds is 7. The quantitative estimate of drug-likeness (QED) is 0.201. The molecule has 200 valence electrons. The minimum Gasteiger partial charge on any atom is -0.311 e. The third-order valence-corrected chi connectivity index (χ3v) is 7.28. The maximum absolute atomic E-state index is 4.83. The molecule has 42 heavy (non-hydrogen) atoms. The molecule has 0 bridgehead atoms. The Hall–Kier alpha value is -5.74. The van der Waals surface area contributed by atoms with Crippen molar-refractivity contribution in [2.24, 2.45) is 0 Å². The standard InChI is InChI=1S/C38H28N4/c1-4-12-30(13-5-1)41(31-14-6-2-7-15-31)34-24-26-35(27-25-34)42(32-16-8-3-9-17-32)33-22-20-29(21-23-33)38-28-39-36-18-10-11-19-37(36)40-38/h1-28H. The van der Waals surface area contributed by atoms with Gasteiger partial charge < -0.3 is 9.80 Å². The number of aromatic nitrogens is 2. The molecule has 0 amide bonds. The average Bonchev–Trinajstić information content (AvgIpc) is 3.07. The van der Waals surface area contributed by atoms with Crippen LogP contribution in [0, 0.1) is 0 Å². The predicted molar refractivity (Wildman–Crippen MR) is 174 cm³/mol. The van der Waals surface area contributed by atoms with Gasteiger partial charge in [-0.3, -0.25) is 4.98 Å². The largest absolute Gasteiger partial charge is 0.311 e. The molecule has 0 aliphatic carbocycles. The summed E-state index contributed by atoms with van der Waals surface area (Å²) < 4.78 is 0. The van der Waals surface area contributed by atoms with Gasteiger partial charge in [0.1, 0.15) is 0 Å². The molecule has 6 aromatic carbocycles. The lowest BCUT2D eigenvalue weighted by Gasteiger charge is -2.28. The van der Waals surface area contributed by atoms with Gasteiger partial charge in [-0.2, -0.15) is 0 Å². The molecule has 0 aliphatic rings. The van der Waals surface area contributed by atoms with Gasteiger partial charge in [-0.15, -0.1) is 0 Å². The molecule has 0 atom stereocenters. The third-order valence-electron chi connectivity index (χ3n) is 7.28. The molecule has 0 N–H and O–H groups in total. The van der Waals surface area contributed by atoms with Crippen molar-refractivity contribution in [3.63, 3.8) is 0 Å². The van der Waals surface area contributed by atoms with Gasteiger partial charge in [-0.1, -0.05) is 78.9 Å². The third kappa shape index (κ3) is 5.09. The van der Waals surface area contributed by atoms with Crippen molar-refractivity contribution in [1.82, 2.24) is 9.97 Å². The summed E-state index contributed by atoms with van der Waals surface area (Å²) in [6.45, 7) is 0. The number of benzene rings is 6. The van der Waals surface area contributed by atoms with Crippen molar-refractivity contribution in [1.29, 1.82) is 0 Å². The second-order valence-corrected chi connectivity index (χ2v) is 9.98. The summed E-state index contributed by atoms with van der Waals surface area (Å²) in [5.74, 6) is 0. The zero-order chi connectivity index (χ0) is 28.1. The SMILES string of the molecule is c1ccc(N(c2ccccc2)c2ccc(N(c3ccccc3)c3ccc(-c4cnc5ccccc5n4)cc3)cc2)cc1. The smallest absolute Gasteiger partial charge is 0.0894 e.